The molecule has 1 heterocycles. The second-order valence-corrected chi connectivity index (χ2v) is 3.97. The Morgan fingerprint density at radius 2 is 2.17 bits per heavy atom. The summed E-state index contributed by atoms with van der Waals surface area (Å²) < 4.78 is 10.6. The van der Waals surface area contributed by atoms with Crippen molar-refractivity contribution in [1.29, 1.82) is 5.26 Å². The van der Waals surface area contributed by atoms with E-state index in [1.165, 1.54) is 0 Å². The van der Waals surface area contributed by atoms with E-state index in [9.17, 15) is 0 Å². The van der Waals surface area contributed by atoms with Crippen molar-refractivity contribution in [3.63, 3.8) is 0 Å². The first-order valence-corrected chi connectivity index (χ1v) is 5.67. The van der Waals surface area contributed by atoms with Crippen molar-refractivity contribution in [1.82, 2.24) is 4.98 Å². The first kappa shape index (κ1) is 12.3. The number of pyridine rings is 1. The van der Waals surface area contributed by atoms with Crippen molar-refractivity contribution in [3.8, 4) is 11.8 Å². The summed E-state index contributed by atoms with van der Waals surface area (Å²) in [5, 5.41) is 9.97. The molecule has 0 spiro atoms. The van der Waals surface area contributed by atoms with Crippen LogP contribution < -0.4 is 4.74 Å². The van der Waals surface area contributed by atoms with E-state index in [1.54, 1.807) is 13.3 Å². The van der Waals surface area contributed by atoms with Crippen LogP contribution in [0.5, 0.6) is 5.75 Å². The van der Waals surface area contributed by atoms with Crippen molar-refractivity contribution >= 4 is 10.9 Å². The fourth-order valence-electron chi connectivity index (χ4n) is 1.74. The Bertz CT molecular complexity index is 603. The zero-order chi connectivity index (χ0) is 13.0. The molecule has 0 saturated carbocycles. The molecule has 18 heavy (non-hydrogen) atoms. The Labute approximate surface area is 106 Å². The predicted molar refractivity (Wildman–Crippen MR) is 68.6 cm³/mol. The van der Waals surface area contributed by atoms with Crippen molar-refractivity contribution in [2.75, 3.05) is 20.3 Å². The molecule has 0 aliphatic heterocycles. The van der Waals surface area contributed by atoms with Crippen LogP contribution in [0, 0.1) is 18.3 Å². The highest BCUT2D eigenvalue weighted by atomic mass is 16.5. The van der Waals surface area contributed by atoms with Gasteiger partial charge >= 0.3 is 0 Å². The molecule has 4 heteroatoms. The number of aryl methyl sites for hydroxylation is 1. The van der Waals surface area contributed by atoms with E-state index < -0.39 is 0 Å². The molecule has 0 radical (unpaired) electrons. The third kappa shape index (κ3) is 2.41. The predicted octanol–water partition coefficient (Wildman–Crippen LogP) is 2.44. The lowest BCUT2D eigenvalue weighted by Crippen LogP contribution is -2.06. The lowest BCUT2D eigenvalue weighted by molar-refractivity contribution is 0.147. The van der Waals surface area contributed by atoms with E-state index >= 15 is 0 Å². The SMILES string of the molecule is COCCOc1c(C#N)cnc2ccc(C)cc12. The Kier molecular flexibility index (Phi) is 3.75. The molecule has 4 nitrogen and oxygen atoms in total. The number of methoxy groups -OCH3 is 1. The van der Waals surface area contributed by atoms with Crippen LogP contribution in [0.2, 0.25) is 0 Å². The summed E-state index contributed by atoms with van der Waals surface area (Å²) in [4.78, 5) is 4.25. The van der Waals surface area contributed by atoms with Gasteiger partial charge in [-0.05, 0) is 19.1 Å². The van der Waals surface area contributed by atoms with E-state index in [0.29, 0.717) is 24.5 Å². The van der Waals surface area contributed by atoms with Gasteiger partial charge in [-0.1, -0.05) is 11.6 Å². The molecule has 0 unspecified atom stereocenters. The van der Waals surface area contributed by atoms with Crippen molar-refractivity contribution in [2.45, 2.75) is 6.92 Å². The fourth-order valence-corrected chi connectivity index (χ4v) is 1.74. The van der Waals surface area contributed by atoms with Gasteiger partial charge in [0.2, 0.25) is 0 Å². The second kappa shape index (κ2) is 5.48. The summed E-state index contributed by atoms with van der Waals surface area (Å²) >= 11 is 0. The Hall–Kier alpha value is -2.12. The van der Waals surface area contributed by atoms with Gasteiger partial charge in [-0.3, -0.25) is 4.98 Å². The molecule has 0 atom stereocenters. The van der Waals surface area contributed by atoms with Crippen LogP contribution in [0.15, 0.2) is 24.4 Å². The van der Waals surface area contributed by atoms with Crippen LogP contribution in [-0.2, 0) is 4.74 Å². The van der Waals surface area contributed by atoms with Crippen LogP contribution in [0.3, 0.4) is 0 Å². The average Bonchev–Trinajstić information content (AvgIpc) is 2.39. The van der Waals surface area contributed by atoms with Gasteiger partial charge in [0.15, 0.2) is 0 Å². The molecule has 0 fully saturated rings. The van der Waals surface area contributed by atoms with Crippen molar-refractivity contribution < 1.29 is 9.47 Å². The number of rotatable bonds is 4. The minimum Gasteiger partial charge on any atom is -0.489 e. The minimum absolute atomic E-state index is 0.415. The Morgan fingerprint density at radius 1 is 1.33 bits per heavy atom. The zero-order valence-corrected chi connectivity index (χ0v) is 10.4. The molecule has 1 aromatic carbocycles. The molecular formula is C14H14N2O2. The maximum absolute atomic E-state index is 9.10. The molecule has 0 amide bonds. The summed E-state index contributed by atoms with van der Waals surface area (Å²) in [6.07, 6.45) is 1.54. The summed E-state index contributed by atoms with van der Waals surface area (Å²) in [6.45, 7) is 2.90. The van der Waals surface area contributed by atoms with Crippen LogP contribution in [0.1, 0.15) is 11.1 Å². The van der Waals surface area contributed by atoms with Crippen molar-refractivity contribution in [3.05, 3.63) is 35.5 Å². The van der Waals surface area contributed by atoms with Crippen LogP contribution in [0.25, 0.3) is 10.9 Å². The van der Waals surface area contributed by atoms with E-state index in [0.717, 1.165) is 16.5 Å². The zero-order valence-electron chi connectivity index (χ0n) is 10.4. The number of ether oxygens (including phenoxy) is 2. The summed E-state index contributed by atoms with van der Waals surface area (Å²) in [6, 6.07) is 8.00. The molecule has 2 rings (SSSR count). The largest absolute Gasteiger partial charge is 0.489 e. The summed E-state index contributed by atoms with van der Waals surface area (Å²) in [7, 11) is 1.61. The number of nitriles is 1. The van der Waals surface area contributed by atoms with Gasteiger partial charge in [-0.25, -0.2) is 0 Å². The number of aromatic nitrogens is 1. The fraction of sp³-hybridized carbons (Fsp3) is 0.286. The first-order valence-electron chi connectivity index (χ1n) is 5.67. The monoisotopic (exact) mass is 242 g/mol. The van der Waals surface area contributed by atoms with Gasteiger partial charge in [-0.2, -0.15) is 5.26 Å². The number of benzene rings is 1. The molecule has 0 bridgehead atoms. The van der Waals surface area contributed by atoms with Gasteiger partial charge in [0.1, 0.15) is 24.0 Å². The smallest absolute Gasteiger partial charge is 0.148 e. The van der Waals surface area contributed by atoms with Gasteiger partial charge in [0.25, 0.3) is 0 Å². The van der Waals surface area contributed by atoms with Crippen LogP contribution in [-0.4, -0.2) is 25.3 Å². The third-order valence-corrected chi connectivity index (χ3v) is 2.63. The molecule has 92 valence electrons. The number of hydrogen-bond donors (Lipinski definition) is 0. The third-order valence-electron chi connectivity index (χ3n) is 2.63. The number of nitrogens with zero attached hydrogens (tertiary/aromatic N) is 2. The van der Waals surface area contributed by atoms with Gasteiger partial charge in [0.05, 0.1) is 12.1 Å². The van der Waals surface area contributed by atoms with Crippen LogP contribution in [0.4, 0.5) is 0 Å². The maximum Gasteiger partial charge on any atom is 0.148 e. The van der Waals surface area contributed by atoms with Gasteiger partial charge in [0, 0.05) is 18.7 Å². The molecule has 0 aliphatic carbocycles. The Morgan fingerprint density at radius 3 is 2.89 bits per heavy atom. The topological polar surface area (TPSA) is 55.1 Å². The molecule has 0 aliphatic rings. The van der Waals surface area contributed by atoms with E-state index in [2.05, 4.69) is 11.1 Å². The minimum atomic E-state index is 0.415. The summed E-state index contributed by atoms with van der Waals surface area (Å²) in [5.74, 6) is 0.586. The molecule has 0 saturated heterocycles. The highest BCUT2D eigenvalue weighted by molar-refractivity contribution is 5.87. The maximum atomic E-state index is 9.10. The van der Waals surface area contributed by atoms with E-state index in [4.69, 9.17) is 14.7 Å². The Balaban J connectivity index is 2.50. The van der Waals surface area contributed by atoms with Gasteiger partial charge < -0.3 is 9.47 Å². The quantitative estimate of drug-likeness (QED) is 0.773. The van der Waals surface area contributed by atoms with Crippen LogP contribution >= 0.6 is 0 Å². The second-order valence-electron chi connectivity index (χ2n) is 3.97. The first-order chi connectivity index (χ1) is 8.76. The van der Waals surface area contributed by atoms with E-state index in [-0.39, 0.29) is 0 Å². The number of hydrogen-bond acceptors (Lipinski definition) is 4. The highest BCUT2D eigenvalue weighted by Crippen LogP contribution is 2.28. The lowest BCUT2D eigenvalue weighted by atomic mass is 10.1. The molecule has 0 N–H and O–H groups in total. The lowest BCUT2D eigenvalue weighted by Gasteiger charge is -2.10. The average molecular weight is 242 g/mol. The highest BCUT2D eigenvalue weighted by Gasteiger charge is 2.10. The van der Waals surface area contributed by atoms with Crippen molar-refractivity contribution in [2.24, 2.45) is 0 Å². The molecule has 2 aromatic rings. The molecular weight excluding hydrogens is 228 g/mol. The standard InChI is InChI=1S/C14H14N2O2/c1-10-3-4-13-12(7-10)14(18-6-5-17-2)11(8-15)9-16-13/h3-4,7,9H,5-6H2,1-2H3. The van der Waals surface area contributed by atoms with Gasteiger partial charge in [-0.15, -0.1) is 0 Å². The summed E-state index contributed by atoms with van der Waals surface area (Å²) in [5.41, 5.74) is 2.38. The normalized spacial score (nSPS) is 10.3. The van der Waals surface area contributed by atoms with E-state index in [1.807, 2.05) is 25.1 Å². The molecule has 1 aromatic heterocycles. The number of fused-ring (bicyclic) bond motifs is 1.